The maximum atomic E-state index is 12.6. The zero-order valence-electron chi connectivity index (χ0n) is 13.3. The number of rotatable bonds is 4. The number of nitrogens with one attached hydrogen (secondary N) is 2. The van der Waals surface area contributed by atoms with Crippen molar-refractivity contribution in [3.05, 3.63) is 41.6 Å². The van der Waals surface area contributed by atoms with E-state index < -0.39 is 11.7 Å². The largest absolute Gasteiger partial charge is 0.416 e. The molecule has 0 bridgehead atoms. The maximum Gasteiger partial charge on any atom is 0.416 e. The number of nitrogens with zero attached hydrogens (tertiary/aromatic N) is 2. The first-order valence-corrected chi connectivity index (χ1v) is 7.97. The lowest BCUT2D eigenvalue weighted by atomic mass is 10.2. The SMILES string of the molecule is Cc1cc(NC2CCCC2)nc(Nc2ccc(C(F)(F)F)cc2)n1. The second-order valence-electron chi connectivity index (χ2n) is 6.04. The van der Waals surface area contributed by atoms with Gasteiger partial charge in [0.05, 0.1) is 5.56 Å². The number of hydrogen-bond donors (Lipinski definition) is 2. The quantitative estimate of drug-likeness (QED) is 0.833. The second kappa shape index (κ2) is 6.67. The van der Waals surface area contributed by atoms with Gasteiger partial charge < -0.3 is 10.6 Å². The van der Waals surface area contributed by atoms with Crippen molar-refractivity contribution >= 4 is 17.5 Å². The molecule has 0 amide bonds. The van der Waals surface area contributed by atoms with Crippen molar-refractivity contribution in [1.29, 1.82) is 0 Å². The highest BCUT2D eigenvalue weighted by Crippen LogP contribution is 2.30. The molecule has 0 radical (unpaired) electrons. The molecule has 0 saturated heterocycles. The Balaban J connectivity index is 1.73. The van der Waals surface area contributed by atoms with Crippen molar-refractivity contribution in [3.63, 3.8) is 0 Å². The van der Waals surface area contributed by atoms with Gasteiger partial charge in [-0.15, -0.1) is 0 Å². The van der Waals surface area contributed by atoms with Crippen LogP contribution < -0.4 is 10.6 Å². The van der Waals surface area contributed by atoms with Crippen LogP contribution in [0.1, 0.15) is 36.9 Å². The molecule has 128 valence electrons. The van der Waals surface area contributed by atoms with Crippen LogP contribution >= 0.6 is 0 Å². The monoisotopic (exact) mass is 336 g/mol. The van der Waals surface area contributed by atoms with Crippen LogP contribution in [0.5, 0.6) is 0 Å². The molecule has 0 unspecified atom stereocenters. The third kappa shape index (κ3) is 4.15. The first-order chi connectivity index (χ1) is 11.4. The smallest absolute Gasteiger partial charge is 0.367 e. The van der Waals surface area contributed by atoms with E-state index in [9.17, 15) is 13.2 Å². The lowest BCUT2D eigenvalue weighted by Gasteiger charge is -2.14. The van der Waals surface area contributed by atoms with Crippen LogP contribution in [0.3, 0.4) is 0 Å². The number of benzene rings is 1. The van der Waals surface area contributed by atoms with Crippen molar-refractivity contribution < 1.29 is 13.2 Å². The van der Waals surface area contributed by atoms with Crippen LogP contribution in [0, 0.1) is 6.92 Å². The average Bonchev–Trinajstić information content (AvgIpc) is 2.99. The van der Waals surface area contributed by atoms with Gasteiger partial charge in [-0.2, -0.15) is 18.2 Å². The molecule has 1 heterocycles. The number of anilines is 3. The molecule has 4 nitrogen and oxygen atoms in total. The van der Waals surface area contributed by atoms with E-state index in [0.717, 1.165) is 36.5 Å². The highest BCUT2D eigenvalue weighted by molar-refractivity contribution is 5.56. The van der Waals surface area contributed by atoms with Gasteiger partial charge in [-0.05, 0) is 44.0 Å². The number of aryl methyl sites for hydroxylation is 1. The number of alkyl halides is 3. The molecule has 1 fully saturated rings. The molecule has 1 aromatic carbocycles. The molecule has 0 spiro atoms. The Bertz CT molecular complexity index is 692. The first kappa shape index (κ1) is 16.5. The van der Waals surface area contributed by atoms with Crippen LogP contribution in [0.25, 0.3) is 0 Å². The molecule has 0 aliphatic heterocycles. The molecular formula is C17H19F3N4. The molecule has 1 saturated carbocycles. The van der Waals surface area contributed by atoms with Crippen molar-refractivity contribution in [3.8, 4) is 0 Å². The fraction of sp³-hybridized carbons (Fsp3) is 0.412. The van der Waals surface area contributed by atoms with Crippen LogP contribution in [-0.4, -0.2) is 16.0 Å². The summed E-state index contributed by atoms with van der Waals surface area (Å²) >= 11 is 0. The van der Waals surface area contributed by atoms with Crippen molar-refractivity contribution in [2.75, 3.05) is 10.6 Å². The summed E-state index contributed by atoms with van der Waals surface area (Å²) in [6.07, 6.45) is 0.364. The minimum atomic E-state index is -4.34. The van der Waals surface area contributed by atoms with Gasteiger partial charge >= 0.3 is 6.18 Å². The topological polar surface area (TPSA) is 49.8 Å². The Morgan fingerprint density at radius 2 is 1.71 bits per heavy atom. The molecule has 2 N–H and O–H groups in total. The van der Waals surface area contributed by atoms with Gasteiger partial charge in [0.25, 0.3) is 0 Å². The summed E-state index contributed by atoms with van der Waals surface area (Å²) in [5.74, 6) is 1.11. The molecule has 0 atom stereocenters. The summed E-state index contributed by atoms with van der Waals surface area (Å²) in [6.45, 7) is 1.86. The van der Waals surface area contributed by atoms with E-state index in [1.807, 2.05) is 13.0 Å². The van der Waals surface area contributed by atoms with Gasteiger partial charge in [-0.1, -0.05) is 12.8 Å². The zero-order valence-corrected chi connectivity index (χ0v) is 13.3. The standard InChI is InChI=1S/C17H19F3N4/c1-11-10-15(22-13-4-2-3-5-13)24-16(21-11)23-14-8-6-12(7-9-14)17(18,19)20/h6-10,13H,2-5H2,1H3,(H2,21,22,23,24). The summed E-state index contributed by atoms with van der Waals surface area (Å²) in [7, 11) is 0. The molecule has 1 aromatic heterocycles. The van der Waals surface area contributed by atoms with E-state index in [4.69, 9.17) is 0 Å². The summed E-state index contributed by atoms with van der Waals surface area (Å²) in [4.78, 5) is 8.70. The fourth-order valence-electron chi connectivity index (χ4n) is 2.85. The summed E-state index contributed by atoms with van der Waals surface area (Å²) < 4.78 is 37.8. The average molecular weight is 336 g/mol. The van der Waals surface area contributed by atoms with Gasteiger partial charge in [0.15, 0.2) is 0 Å². The number of hydrogen-bond acceptors (Lipinski definition) is 4. The normalized spacial score (nSPS) is 15.5. The van der Waals surface area contributed by atoms with E-state index >= 15 is 0 Å². The number of aromatic nitrogens is 2. The van der Waals surface area contributed by atoms with Crippen LogP contribution in [0.2, 0.25) is 0 Å². The summed E-state index contributed by atoms with van der Waals surface area (Å²) in [6, 6.07) is 7.12. The third-order valence-electron chi connectivity index (χ3n) is 4.03. The van der Waals surface area contributed by atoms with E-state index in [-0.39, 0.29) is 0 Å². The Hall–Kier alpha value is -2.31. The minimum Gasteiger partial charge on any atom is -0.367 e. The van der Waals surface area contributed by atoms with Gasteiger partial charge in [-0.3, -0.25) is 0 Å². The minimum absolute atomic E-state index is 0.371. The van der Waals surface area contributed by atoms with Gasteiger partial charge in [-0.25, -0.2) is 4.98 Å². The van der Waals surface area contributed by atoms with Crippen LogP contribution in [-0.2, 0) is 6.18 Å². The Morgan fingerprint density at radius 1 is 1.04 bits per heavy atom. The molecule has 1 aliphatic carbocycles. The summed E-state index contributed by atoms with van der Waals surface area (Å²) in [5.41, 5.74) is 0.627. The van der Waals surface area contributed by atoms with Crippen molar-refractivity contribution in [1.82, 2.24) is 9.97 Å². The van der Waals surface area contributed by atoms with E-state index in [0.29, 0.717) is 17.7 Å². The van der Waals surface area contributed by atoms with Gasteiger partial charge in [0.2, 0.25) is 5.95 Å². The van der Waals surface area contributed by atoms with E-state index in [1.165, 1.54) is 25.0 Å². The third-order valence-corrected chi connectivity index (χ3v) is 4.03. The highest BCUT2D eigenvalue weighted by atomic mass is 19.4. The molecule has 1 aliphatic rings. The lowest BCUT2D eigenvalue weighted by Crippen LogP contribution is -2.16. The maximum absolute atomic E-state index is 12.6. The lowest BCUT2D eigenvalue weighted by molar-refractivity contribution is -0.137. The second-order valence-corrected chi connectivity index (χ2v) is 6.04. The van der Waals surface area contributed by atoms with Crippen LogP contribution in [0.15, 0.2) is 30.3 Å². The molecule has 24 heavy (non-hydrogen) atoms. The van der Waals surface area contributed by atoms with Crippen molar-refractivity contribution in [2.45, 2.75) is 44.8 Å². The van der Waals surface area contributed by atoms with E-state index in [2.05, 4.69) is 20.6 Å². The Morgan fingerprint density at radius 3 is 2.33 bits per heavy atom. The van der Waals surface area contributed by atoms with Gasteiger partial charge in [0, 0.05) is 23.5 Å². The van der Waals surface area contributed by atoms with Gasteiger partial charge in [0.1, 0.15) is 5.82 Å². The van der Waals surface area contributed by atoms with E-state index in [1.54, 1.807) is 0 Å². The van der Waals surface area contributed by atoms with Crippen LogP contribution in [0.4, 0.5) is 30.6 Å². The molecule has 3 rings (SSSR count). The highest BCUT2D eigenvalue weighted by Gasteiger charge is 2.29. The first-order valence-electron chi connectivity index (χ1n) is 7.97. The Labute approximate surface area is 138 Å². The molecule has 2 aromatic rings. The number of halogens is 3. The molecule has 7 heteroatoms. The molecular weight excluding hydrogens is 317 g/mol. The zero-order chi connectivity index (χ0) is 17.2. The predicted octanol–water partition coefficient (Wildman–Crippen LogP) is 4.90. The van der Waals surface area contributed by atoms with Crippen molar-refractivity contribution in [2.24, 2.45) is 0 Å². The fourth-order valence-corrected chi connectivity index (χ4v) is 2.85. The summed E-state index contributed by atoms with van der Waals surface area (Å²) in [5, 5.41) is 6.36. The Kier molecular flexibility index (Phi) is 4.59. The predicted molar refractivity (Wildman–Crippen MR) is 87.4 cm³/mol.